The predicted octanol–water partition coefficient (Wildman–Crippen LogP) is 3.43. The summed E-state index contributed by atoms with van der Waals surface area (Å²) in [6.45, 7) is 5.08. The molecule has 0 aliphatic carbocycles. The molecule has 1 aromatic heterocycles. The van der Waals surface area contributed by atoms with Crippen molar-refractivity contribution in [3.8, 4) is 11.8 Å². The smallest absolute Gasteiger partial charge is 0.127 e. The summed E-state index contributed by atoms with van der Waals surface area (Å²) in [7, 11) is 2.09. The van der Waals surface area contributed by atoms with E-state index in [0.29, 0.717) is 16.0 Å². The van der Waals surface area contributed by atoms with Gasteiger partial charge in [0, 0.05) is 23.3 Å². The molecule has 0 saturated carbocycles. The summed E-state index contributed by atoms with van der Waals surface area (Å²) >= 11 is 5.73. The van der Waals surface area contributed by atoms with Crippen LogP contribution in [0.25, 0.3) is 5.69 Å². The lowest BCUT2D eigenvalue weighted by atomic mass is 9.84. The number of likely N-dealkylation sites (N-methyl/N-ethyl adjacent to an activating group) is 1. The summed E-state index contributed by atoms with van der Waals surface area (Å²) in [4.78, 5) is 2.28. The summed E-state index contributed by atoms with van der Waals surface area (Å²) in [5.74, 6) is 0.433. The molecule has 2 N–H and O–H groups in total. The topological polar surface area (TPSA) is 58.0 Å². The number of hydrogen-bond acceptors (Lipinski definition) is 4. The van der Waals surface area contributed by atoms with Crippen molar-refractivity contribution >= 4 is 18.0 Å². The molecule has 2 heterocycles. The summed E-state index contributed by atoms with van der Waals surface area (Å²) in [6.07, 6.45) is 0.769. The van der Waals surface area contributed by atoms with E-state index in [1.165, 1.54) is 0 Å². The van der Waals surface area contributed by atoms with Crippen molar-refractivity contribution in [3.05, 3.63) is 51.7 Å². The van der Waals surface area contributed by atoms with Crippen LogP contribution in [0.5, 0.6) is 0 Å². The van der Waals surface area contributed by atoms with Crippen LogP contribution in [-0.2, 0) is 13.0 Å². The zero-order chi connectivity index (χ0) is 16.8. The third-order valence-corrected chi connectivity index (χ3v) is 5.22. The SMILES string of the molecule is CN1Cc2c(c(C#N)c(N)n(-c3ccccc3)c2=S)CC1(C)C. The number of fused-ring (bicyclic) bond motifs is 1. The highest BCUT2D eigenvalue weighted by atomic mass is 32.1. The fraction of sp³-hybridized carbons (Fsp3) is 0.333. The van der Waals surface area contributed by atoms with Gasteiger partial charge in [0.2, 0.25) is 0 Å². The minimum Gasteiger partial charge on any atom is -0.384 e. The first-order valence-electron chi connectivity index (χ1n) is 7.60. The molecule has 2 aromatic rings. The van der Waals surface area contributed by atoms with Crippen molar-refractivity contribution in [1.82, 2.24) is 9.47 Å². The average molecular weight is 324 g/mol. The Balaban J connectivity index is 2.34. The van der Waals surface area contributed by atoms with Gasteiger partial charge in [-0.1, -0.05) is 30.4 Å². The standard InChI is InChI=1S/C18H20N4S/c1-18(2)9-13-14(10-19)16(20)22(12-7-5-4-6-8-12)17(23)15(13)11-21(18)3/h4-8H,9,11,20H2,1-3H3. The van der Waals surface area contributed by atoms with Crippen LogP contribution in [0.15, 0.2) is 30.3 Å². The van der Waals surface area contributed by atoms with Crippen molar-refractivity contribution in [2.45, 2.75) is 32.4 Å². The van der Waals surface area contributed by atoms with Gasteiger partial charge in [-0.05, 0) is 45.0 Å². The van der Waals surface area contributed by atoms with Gasteiger partial charge in [0.15, 0.2) is 0 Å². The molecule has 0 saturated heterocycles. The number of nitrogens with two attached hydrogens (primary N) is 1. The fourth-order valence-electron chi connectivity index (χ4n) is 3.13. The second-order valence-electron chi connectivity index (χ2n) is 6.65. The number of benzene rings is 1. The molecule has 118 valence electrons. The van der Waals surface area contributed by atoms with Crippen molar-refractivity contribution in [2.75, 3.05) is 12.8 Å². The van der Waals surface area contributed by atoms with Crippen molar-refractivity contribution in [3.63, 3.8) is 0 Å². The first kappa shape index (κ1) is 15.7. The van der Waals surface area contributed by atoms with Gasteiger partial charge in [0.1, 0.15) is 16.5 Å². The Hall–Kier alpha value is -2.16. The molecule has 0 fully saturated rings. The number of nitriles is 1. The second kappa shape index (κ2) is 5.48. The summed E-state index contributed by atoms with van der Waals surface area (Å²) in [6, 6.07) is 12.0. The van der Waals surface area contributed by atoms with E-state index in [1.54, 1.807) is 0 Å². The van der Waals surface area contributed by atoms with E-state index in [0.717, 1.165) is 29.8 Å². The Kier molecular flexibility index (Phi) is 3.75. The molecular weight excluding hydrogens is 304 g/mol. The molecule has 1 aliphatic heterocycles. The maximum absolute atomic E-state index is 9.68. The van der Waals surface area contributed by atoms with E-state index < -0.39 is 0 Å². The minimum absolute atomic E-state index is 0.0221. The number of para-hydroxylation sites is 1. The molecule has 0 radical (unpaired) electrons. The molecule has 1 aromatic carbocycles. The zero-order valence-electron chi connectivity index (χ0n) is 13.6. The van der Waals surface area contributed by atoms with E-state index in [-0.39, 0.29) is 5.54 Å². The van der Waals surface area contributed by atoms with Crippen LogP contribution in [0.2, 0.25) is 0 Å². The van der Waals surface area contributed by atoms with Crippen LogP contribution in [-0.4, -0.2) is 22.1 Å². The lowest BCUT2D eigenvalue weighted by Crippen LogP contribution is -2.46. The molecule has 3 rings (SSSR count). The van der Waals surface area contributed by atoms with Crippen LogP contribution < -0.4 is 5.73 Å². The summed E-state index contributed by atoms with van der Waals surface area (Å²) in [5.41, 5.74) is 9.80. The minimum atomic E-state index is -0.0221. The fourth-order valence-corrected chi connectivity index (χ4v) is 3.52. The van der Waals surface area contributed by atoms with Crippen molar-refractivity contribution < 1.29 is 0 Å². The average Bonchev–Trinajstić information content (AvgIpc) is 2.51. The van der Waals surface area contributed by atoms with Crippen molar-refractivity contribution in [2.24, 2.45) is 0 Å². The van der Waals surface area contributed by atoms with Gasteiger partial charge < -0.3 is 5.73 Å². The molecule has 0 atom stereocenters. The Bertz CT molecular complexity index is 859. The highest BCUT2D eigenvalue weighted by Crippen LogP contribution is 2.35. The Labute approximate surface area is 141 Å². The Morgan fingerprint density at radius 2 is 1.87 bits per heavy atom. The van der Waals surface area contributed by atoms with Gasteiger partial charge in [-0.3, -0.25) is 9.47 Å². The molecule has 0 amide bonds. The molecular formula is C18H20N4S. The van der Waals surface area contributed by atoms with Crippen LogP contribution >= 0.6 is 12.2 Å². The van der Waals surface area contributed by atoms with E-state index >= 15 is 0 Å². The van der Waals surface area contributed by atoms with Gasteiger partial charge in [-0.25, -0.2) is 0 Å². The number of hydrogen-bond donors (Lipinski definition) is 1. The monoisotopic (exact) mass is 324 g/mol. The quantitative estimate of drug-likeness (QED) is 0.817. The molecule has 4 nitrogen and oxygen atoms in total. The van der Waals surface area contributed by atoms with Crippen LogP contribution in [0.3, 0.4) is 0 Å². The van der Waals surface area contributed by atoms with Gasteiger partial charge in [-0.15, -0.1) is 0 Å². The second-order valence-corrected chi connectivity index (χ2v) is 7.04. The van der Waals surface area contributed by atoms with Gasteiger partial charge >= 0.3 is 0 Å². The Morgan fingerprint density at radius 3 is 2.48 bits per heavy atom. The molecule has 5 heteroatoms. The maximum Gasteiger partial charge on any atom is 0.127 e. The van der Waals surface area contributed by atoms with Crippen LogP contribution in [0, 0.1) is 16.0 Å². The lowest BCUT2D eigenvalue weighted by Gasteiger charge is -2.41. The van der Waals surface area contributed by atoms with E-state index in [2.05, 4.69) is 31.9 Å². The molecule has 1 aliphatic rings. The molecule has 0 bridgehead atoms. The molecule has 0 unspecified atom stereocenters. The number of anilines is 1. The van der Waals surface area contributed by atoms with E-state index in [4.69, 9.17) is 18.0 Å². The van der Waals surface area contributed by atoms with Gasteiger partial charge in [0.05, 0.1) is 5.56 Å². The van der Waals surface area contributed by atoms with E-state index in [1.807, 2.05) is 34.9 Å². The van der Waals surface area contributed by atoms with Crippen LogP contribution in [0.4, 0.5) is 5.82 Å². The molecule has 0 spiro atoms. The van der Waals surface area contributed by atoms with Crippen molar-refractivity contribution in [1.29, 1.82) is 5.26 Å². The van der Waals surface area contributed by atoms with Crippen LogP contribution in [0.1, 0.15) is 30.5 Å². The zero-order valence-corrected chi connectivity index (χ0v) is 14.4. The third kappa shape index (κ3) is 2.44. The van der Waals surface area contributed by atoms with E-state index in [9.17, 15) is 5.26 Å². The first-order valence-corrected chi connectivity index (χ1v) is 8.00. The normalized spacial score (nSPS) is 16.6. The first-order chi connectivity index (χ1) is 10.9. The maximum atomic E-state index is 9.68. The lowest BCUT2D eigenvalue weighted by molar-refractivity contribution is 0.132. The summed E-state index contributed by atoms with van der Waals surface area (Å²) in [5, 5.41) is 9.68. The number of pyridine rings is 1. The number of aromatic nitrogens is 1. The highest BCUT2D eigenvalue weighted by Gasteiger charge is 2.34. The summed E-state index contributed by atoms with van der Waals surface area (Å²) < 4.78 is 2.52. The number of nitrogen functional groups attached to an aromatic ring is 1. The molecule has 23 heavy (non-hydrogen) atoms. The number of nitrogens with zero attached hydrogens (tertiary/aromatic N) is 3. The highest BCUT2D eigenvalue weighted by molar-refractivity contribution is 7.71. The largest absolute Gasteiger partial charge is 0.384 e. The van der Waals surface area contributed by atoms with Gasteiger partial charge in [0.25, 0.3) is 0 Å². The Morgan fingerprint density at radius 1 is 1.22 bits per heavy atom. The van der Waals surface area contributed by atoms with Gasteiger partial charge in [-0.2, -0.15) is 5.26 Å². The predicted molar refractivity (Wildman–Crippen MR) is 95.0 cm³/mol. The number of rotatable bonds is 1. The third-order valence-electron chi connectivity index (χ3n) is 4.79.